The van der Waals surface area contributed by atoms with E-state index in [0.717, 1.165) is 14.3 Å². The van der Waals surface area contributed by atoms with Gasteiger partial charge in [-0.3, -0.25) is 19.3 Å². The van der Waals surface area contributed by atoms with Crippen LogP contribution in [0.1, 0.15) is 6.42 Å². The predicted molar refractivity (Wildman–Crippen MR) is 130 cm³/mol. The second-order valence-corrected chi connectivity index (χ2v) is 11.2. The highest BCUT2D eigenvalue weighted by molar-refractivity contribution is 9.10. The lowest BCUT2D eigenvalue weighted by Gasteiger charge is -2.49. The summed E-state index contributed by atoms with van der Waals surface area (Å²) >= 11 is 5.84. The Labute approximate surface area is 220 Å². The lowest BCUT2D eigenvalue weighted by molar-refractivity contribution is -0.156. The van der Waals surface area contributed by atoms with Crippen molar-refractivity contribution < 1.29 is 37.5 Å². The lowest BCUT2D eigenvalue weighted by Crippen LogP contribution is -2.70. The fourth-order valence-corrected chi connectivity index (χ4v) is 6.31. The number of rotatable bonds is 7. The molecule has 36 heavy (non-hydrogen) atoms. The molecule has 3 aliphatic heterocycles. The molecule has 1 aromatic rings. The molecule has 3 aliphatic rings. The van der Waals surface area contributed by atoms with Gasteiger partial charge in [-0.1, -0.05) is 15.9 Å². The van der Waals surface area contributed by atoms with Crippen LogP contribution in [-0.2, 0) is 19.2 Å². The van der Waals surface area contributed by atoms with Crippen LogP contribution in [0.2, 0.25) is 0 Å². The molecule has 0 spiro atoms. The van der Waals surface area contributed by atoms with Gasteiger partial charge in [0.05, 0.1) is 5.75 Å². The third-order valence-corrected chi connectivity index (χ3v) is 8.47. The maximum Gasteiger partial charge on any atom is 0.406 e. The largest absolute Gasteiger partial charge is 0.477 e. The number of carbonyl (C=O) groups is 4. The number of thioether (sulfide) groups is 2. The van der Waals surface area contributed by atoms with Crippen LogP contribution in [0.25, 0.3) is 0 Å². The van der Waals surface area contributed by atoms with Crippen molar-refractivity contribution in [3.8, 4) is 0 Å². The Morgan fingerprint density at radius 1 is 1.25 bits per heavy atom. The second-order valence-electron chi connectivity index (χ2n) is 8.14. The molecule has 192 valence electrons. The number of allylic oxidation sites excluding steroid dienone is 1. The van der Waals surface area contributed by atoms with Crippen LogP contribution < -0.4 is 5.32 Å². The van der Waals surface area contributed by atoms with E-state index in [-0.39, 0.29) is 47.2 Å². The first kappa shape index (κ1) is 26.6. The van der Waals surface area contributed by atoms with Crippen LogP contribution in [0.5, 0.6) is 0 Å². The van der Waals surface area contributed by atoms with Gasteiger partial charge in [-0.2, -0.15) is 13.2 Å². The maximum atomic E-state index is 12.8. The average molecular weight is 606 g/mol. The van der Waals surface area contributed by atoms with Gasteiger partial charge in [-0.15, -0.1) is 23.5 Å². The number of hydrogen-bond acceptors (Lipinski definition) is 6. The molecule has 0 bridgehead atoms. The summed E-state index contributed by atoms with van der Waals surface area (Å²) in [5.41, 5.74) is -0.0900. The number of amides is 3. The highest BCUT2D eigenvalue weighted by Crippen LogP contribution is 2.41. The number of alkyl halides is 3. The van der Waals surface area contributed by atoms with E-state index in [1.165, 1.54) is 29.6 Å². The Kier molecular flexibility index (Phi) is 7.76. The van der Waals surface area contributed by atoms with Gasteiger partial charge in [-0.25, -0.2) is 4.79 Å². The third-order valence-electron chi connectivity index (χ3n) is 5.63. The van der Waals surface area contributed by atoms with Gasteiger partial charge in [0.25, 0.3) is 5.91 Å². The molecule has 4 rings (SSSR count). The van der Waals surface area contributed by atoms with Crippen molar-refractivity contribution in [2.45, 2.75) is 28.9 Å². The van der Waals surface area contributed by atoms with E-state index >= 15 is 0 Å². The molecule has 0 saturated carbocycles. The number of halogens is 4. The maximum absolute atomic E-state index is 12.8. The highest BCUT2D eigenvalue weighted by atomic mass is 79.9. The van der Waals surface area contributed by atoms with Crippen LogP contribution in [0.3, 0.4) is 0 Å². The van der Waals surface area contributed by atoms with Gasteiger partial charge in [0.15, 0.2) is 0 Å². The van der Waals surface area contributed by atoms with Crippen molar-refractivity contribution in [1.82, 2.24) is 15.1 Å². The molecule has 3 heterocycles. The number of hydrogen-bond donors (Lipinski definition) is 2. The number of carbonyl (C=O) groups excluding carboxylic acids is 3. The molecule has 14 heteroatoms. The number of β-lactam (4-membered cyclic amide) rings is 1. The molecule has 0 aromatic heterocycles. The summed E-state index contributed by atoms with van der Waals surface area (Å²) in [6.45, 7) is -1.50. The number of benzene rings is 1. The number of likely N-dealkylation sites (tertiary alicyclic amines) is 1. The van der Waals surface area contributed by atoms with Gasteiger partial charge < -0.3 is 15.3 Å². The number of nitrogens with zero attached hydrogens (tertiary/aromatic N) is 2. The molecule has 0 radical (unpaired) electrons. The molecule has 2 fully saturated rings. The number of fused-ring (bicyclic) bond motifs is 1. The van der Waals surface area contributed by atoms with E-state index in [9.17, 15) is 37.5 Å². The van der Waals surface area contributed by atoms with Crippen molar-refractivity contribution >= 4 is 63.1 Å². The summed E-state index contributed by atoms with van der Waals surface area (Å²) in [6.07, 6.45) is -3.22. The van der Waals surface area contributed by atoms with Crippen LogP contribution in [0, 0.1) is 0 Å². The van der Waals surface area contributed by atoms with Crippen molar-refractivity contribution in [2.24, 2.45) is 0 Å². The molecule has 3 amide bonds. The van der Waals surface area contributed by atoms with E-state index in [2.05, 4.69) is 21.2 Å². The summed E-state index contributed by atoms with van der Waals surface area (Å²) in [4.78, 5) is 52.1. The van der Waals surface area contributed by atoms with E-state index in [4.69, 9.17) is 0 Å². The third kappa shape index (κ3) is 5.75. The van der Waals surface area contributed by atoms with Gasteiger partial charge in [0.1, 0.15) is 23.7 Å². The number of aliphatic carboxylic acids is 1. The Hall–Kier alpha value is -2.45. The molecular formula is C22H19BrF3N3O5S2. The molecular weight excluding hydrogens is 587 g/mol. The lowest BCUT2D eigenvalue weighted by atomic mass is 10.0. The molecule has 1 aromatic carbocycles. The summed E-state index contributed by atoms with van der Waals surface area (Å²) in [7, 11) is 0. The Morgan fingerprint density at radius 3 is 2.58 bits per heavy atom. The van der Waals surface area contributed by atoms with Crippen molar-refractivity contribution in [2.75, 3.05) is 24.6 Å². The van der Waals surface area contributed by atoms with Gasteiger partial charge in [0, 0.05) is 27.2 Å². The molecule has 2 N–H and O–H groups in total. The Balaban J connectivity index is 1.43. The van der Waals surface area contributed by atoms with E-state index < -0.39 is 41.9 Å². The fourth-order valence-electron chi connectivity index (χ4n) is 4.03. The Morgan fingerprint density at radius 2 is 1.94 bits per heavy atom. The quantitative estimate of drug-likeness (QED) is 0.279. The Bertz CT molecular complexity index is 1170. The summed E-state index contributed by atoms with van der Waals surface area (Å²) < 4.78 is 38.9. The predicted octanol–water partition coefficient (Wildman–Crippen LogP) is 3.00. The first-order valence-electron chi connectivity index (χ1n) is 10.6. The fraction of sp³-hybridized carbons (Fsp3) is 0.364. The first-order valence-corrected chi connectivity index (χ1v) is 13.4. The number of carboxylic acids is 1. The number of carboxylic acid groups (broad SMARTS) is 1. The van der Waals surface area contributed by atoms with Crippen molar-refractivity contribution in [3.05, 3.63) is 51.7 Å². The van der Waals surface area contributed by atoms with Gasteiger partial charge in [0.2, 0.25) is 11.8 Å². The zero-order chi connectivity index (χ0) is 26.2. The minimum Gasteiger partial charge on any atom is -0.477 e. The van der Waals surface area contributed by atoms with Crippen LogP contribution in [0.4, 0.5) is 13.2 Å². The topological polar surface area (TPSA) is 107 Å². The minimum atomic E-state index is -4.54. The first-order chi connectivity index (χ1) is 16.9. The van der Waals surface area contributed by atoms with Gasteiger partial charge >= 0.3 is 12.1 Å². The second kappa shape index (κ2) is 10.5. The van der Waals surface area contributed by atoms with Crippen LogP contribution in [-0.4, -0.2) is 80.8 Å². The van der Waals surface area contributed by atoms with Crippen LogP contribution in [0.15, 0.2) is 56.6 Å². The molecule has 8 nitrogen and oxygen atoms in total. The minimum absolute atomic E-state index is 0.0437. The summed E-state index contributed by atoms with van der Waals surface area (Å²) in [5.74, 6) is -2.99. The molecule has 0 unspecified atom stereocenters. The normalized spacial score (nSPS) is 23.2. The molecule has 2 atom stereocenters. The van der Waals surface area contributed by atoms with E-state index in [1.54, 1.807) is 0 Å². The molecule has 2 saturated heterocycles. The smallest absolute Gasteiger partial charge is 0.406 e. The summed E-state index contributed by atoms with van der Waals surface area (Å²) in [5, 5.41) is 11.8. The standard InChI is InChI=1S/C22H19BrF3N3O5S2/c23-13-1-3-14(4-2-13)35-9-15(30)27-16-19(32)29-17(21(33)34)12(8-36-20(16)29)7-11-5-6-28(18(11)31)10-22(24,25)26/h1-4,7,16,20H,5-6,8-10H2,(H,27,30)(H,33,34)/b11-7+/t16-,20-/m1/s1. The van der Waals surface area contributed by atoms with E-state index in [0.29, 0.717) is 4.90 Å². The van der Waals surface area contributed by atoms with Crippen LogP contribution >= 0.6 is 39.5 Å². The van der Waals surface area contributed by atoms with Crippen molar-refractivity contribution in [1.29, 1.82) is 0 Å². The zero-order valence-corrected chi connectivity index (χ0v) is 21.6. The zero-order valence-electron chi connectivity index (χ0n) is 18.4. The SMILES string of the molecule is O=C(CSc1ccc(Br)cc1)N[C@@H]1C(=O)N2C(C(=O)O)=C(/C=C3\CCN(CC(F)(F)F)C3=O)CS[C@H]12. The highest BCUT2D eigenvalue weighted by Gasteiger charge is 2.54. The van der Waals surface area contributed by atoms with Crippen molar-refractivity contribution in [3.63, 3.8) is 0 Å². The van der Waals surface area contributed by atoms with E-state index in [1.807, 2.05) is 24.3 Å². The molecule has 0 aliphatic carbocycles. The van der Waals surface area contributed by atoms with Gasteiger partial charge in [-0.05, 0) is 42.3 Å². The monoisotopic (exact) mass is 605 g/mol. The average Bonchev–Trinajstić information content (AvgIpc) is 3.14. The summed E-state index contributed by atoms with van der Waals surface area (Å²) in [6, 6.07) is 6.46. The number of nitrogens with one attached hydrogen (secondary N) is 1.